The number of amides is 1. The Labute approximate surface area is 176 Å². The fraction of sp³-hybridized carbons (Fsp3) is 0.381. The first-order chi connectivity index (χ1) is 13.4. The quantitative estimate of drug-likeness (QED) is 0.783. The van der Waals surface area contributed by atoms with Crippen molar-refractivity contribution in [1.29, 1.82) is 0 Å². The average Bonchev–Trinajstić information content (AvgIpc) is 2.60. The van der Waals surface area contributed by atoms with Crippen LogP contribution in [0.2, 0.25) is 5.02 Å². The van der Waals surface area contributed by atoms with Crippen molar-refractivity contribution in [2.45, 2.75) is 38.8 Å². The summed E-state index contributed by atoms with van der Waals surface area (Å²) in [5.41, 5.74) is 2.27. The van der Waals surface area contributed by atoms with Gasteiger partial charge in [0.2, 0.25) is 10.0 Å². The largest absolute Gasteiger partial charge is 0.487 e. The molecule has 1 amide bonds. The maximum absolute atomic E-state index is 12.9. The number of anilines is 1. The Bertz CT molecular complexity index is 1070. The Morgan fingerprint density at radius 1 is 1.24 bits per heavy atom. The normalized spacial score (nSPS) is 17.8. The Kier molecular flexibility index (Phi) is 5.58. The Morgan fingerprint density at radius 3 is 2.55 bits per heavy atom. The minimum absolute atomic E-state index is 0.186. The molecule has 2 aromatic carbocycles. The van der Waals surface area contributed by atoms with Gasteiger partial charge in [-0.3, -0.25) is 9.10 Å². The summed E-state index contributed by atoms with van der Waals surface area (Å²) in [6, 6.07) is 10.3. The second-order valence-corrected chi connectivity index (χ2v) is 10.4. The van der Waals surface area contributed by atoms with E-state index >= 15 is 0 Å². The van der Waals surface area contributed by atoms with E-state index in [0.717, 1.165) is 27.4 Å². The zero-order valence-corrected chi connectivity index (χ0v) is 18.7. The van der Waals surface area contributed by atoms with Crippen molar-refractivity contribution in [1.82, 2.24) is 5.32 Å². The number of sulfonamides is 1. The van der Waals surface area contributed by atoms with E-state index < -0.39 is 15.6 Å². The van der Waals surface area contributed by atoms with Gasteiger partial charge in [0, 0.05) is 19.0 Å². The van der Waals surface area contributed by atoms with Gasteiger partial charge in [-0.05, 0) is 45.0 Å². The molecular weight excluding hydrogens is 412 g/mol. The van der Waals surface area contributed by atoms with E-state index in [0.29, 0.717) is 12.1 Å². The molecule has 0 spiro atoms. The van der Waals surface area contributed by atoms with E-state index in [1.165, 1.54) is 19.2 Å². The molecule has 1 heterocycles. The Balaban J connectivity index is 1.88. The highest BCUT2D eigenvalue weighted by molar-refractivity contribution is 7.92. The van der Waals surface area contributed by atoms with Crippen LogP contribution in [0.4, 0.5) is 5.69 Å². The zero-order valence-electron chi connectivity index (χ0n) is 17.1. The summed E-state index contributed by atoms with van der Waals surface area (Å²) < 4.78 is 30.6. The van der Waals surface area contributed by atoms with Crippen molar-refractivity contribution >= 4 is 33.2 Å². The van der Waals surface area contributed by atoms with Gasteiger partial charge in [-0.25, -0.2) is 8.42 Å². The molecule has 0 saturated carbocycles. The van der Waals surface area contributed by atoms with Crippen LogP contribution in [0, 0.1) is 6.92 Å². The molecule has 1 unspecified atom stereocenters. The molecule has 0 radical (unpaired) electrons. The number of rotatable bonds is 4. The highest BCUT2D eigenvalue weighted by Crippen LogP contribution is 2.40. The van der Waals surface area contributed by atoms with Gasteiger partial charge >= 0.3 is 0 Å². The predicted octanol–water partition coefficient (Wildman–Crippen LogP) is 4.08. The molecule has 0 aliphatic carbocycles. The highest BCUT2D eigenvalue weighted by Gasteiger charge is 2.35. The van der Waals surface area contributed by atoms with Gasteiger partial charge in [-0.15, -0.1) is 0 Å². The number of carbonyl (C=O) groups is 1. The van der Waals surface area contributed by atoms with Crippen LogP contribution in [-0.2, 0) is 10.0 Å². The second-order valence-electron chi connectivity index (χ2n) is 8.03. The molecule has 2 aromatic rings. The maximum atomic E-state index is 12.9. The van der Waals surface area contributed by atoms with Crippen LogP contribution < -0.4 is 14.4 Å². The summed E-state index contributed by atoms with van der Waals surface area (Å²) in [5.74, 6) is 0.437. The summed E-state index contributed by atoms with van der Waals surface area (Å²) in [4.78, 5) is 12.9. The molecule has 3 rings (SSSR count). The number of nitrogens with one attached hydrogen (secondary N) is 1. The van der Waals surface area contributed by atoms with E-state index in [-0.39, 0.29) is 22.5 Å². The maximum Gasteiger partial charge on any atom is 0.253 e. The van der Waals surface area contributed by atoms with Crippen LogP contribution >= 0.6 is 11.6 Å². The topological polar surface area (TPSA) is 75.7 Å². The lowest BCUT2D eigenvalue weighted by Gasteiger charge is -2.38. The minimum atomic E-state index is -3.42. The first kappa shape index (κ1) is 21.5. The van der Waals surface area contributed by atoms with Gasteiger partial charge in [-0.2, -0.15) is 0 Å². The van der Waals surface area contributed by atoms with Crippen LogP contribution in [0.5, 0.6) is 5.75 Å². The number of fused-ring (bicyclic) bond motifs is 1. The molecule has 1 N–H and O–H groups in total. The van der Waals surface area contributed by atoms with Crippen LogP contribution in [0.1, 0.15) is 47.8 Å². The van der Waals surface area contributed by atoms with E-state index in [4.69, 9.17) is 16.3 Å². The van der Waals surface area contributed by atoms with E-state index in [1.54, 1.807) is 6.07 Å². The summed E-state index contributed by atoms with van der Waals surface area (Å²) in [6.45, 7) is 5.96. The molecule has 1 atom stereocenters. The summed E-state index contributed by atoms with van der Waals surface area (Å²) >= 11 is 6.31. The number of benzene rings is 2. The van der Waals surface area contributed by atoms with Crippen molar-refractivity contribution < 1.29 is 17.9 Å². The molecular formula is C21H25ClN2O4S. The van der Waals surface area contributed by atoms with E-state index in [1.807, 2.05) is 39.0 Å². The molecule has 1 aliphatic heterocycles. The van der Waals surface area contributed by atoms with Crippen LogP contribution in [0.3, 0.4) is 0 Å². The SMILES string of the molecule is Cc1ccc2c(c1)C(NC(=O)c1ccc(N(C)S(C)(=O)=O)cc1Cl)CC(C)(C)O2. The minimum Gasteiger partial charge on any atom is -0.487 e. The molecule has 8 heteroatoms. The Morgan fingerprint density at radius 2 is 1.93 bits per heavy atom. The van der Waals surface area contributed by atoms with E-state index in [9.17, 15) is 13.2 Å². The first-order valence-corrected chi connectivity index (χ1v) is 11.4. The third-order valence-corrected chi connectivity index (χ3v) is 6.50. The smallest absolute Gasteiger partial charge is 0.253 e. The number of aryl methyl sites for hydroxylation is 1. The standard InChI is InChI=1S/C21H25ClN2O4S/c1-13-6-9-19-16(10-13)18(12-21(2,3)28-19)23-20(25)15-8-7-14(11-17(15)22)24(4)29(5,26)27/h6-11,18H,12H2,1-5H3,(H,23,25). The number of carbonyl (C=O) groups excluding carboxylic acids is 1. The molecule has 0 bridgehead atoms. The van der Waals surface area contributed by atoms with Crippen molar-refractivity contribution in [2.24, 2.45) is 0 Å². The van der Waals surface area contributed by atoms with Gasteiger partial charge in [0.05, 0.1) is 28.6 Å². The lowest BCUT2D eigenvalue weighted by atomic mass is 9.88. The zero-order chi connectivity index (χ0) is 21.6. The van der Waals surface area contributed by atoms with Crippen molar-refractivity contribution in [2.75, 3.05) is 17.6 Å². The molecule has 6 nitrogen and oxygen atoms in total. The number of nitrogens with zero attached hydrogens (tertiary/aromatic N) is 1. The first-order valence-electron chi connectivity index (χ1n) is 9.21. The van der Waals surface area contributed by atoms with Gasteiger partial charge < -0.3 is 10.1 Å². The van der Waals surface area contributed by atoms with E-state index in [2.05, 4.69) is 5.32 Å². The fourth-order valence-corrected chi connectivity index (χ4v) is 4.17. The lowest BCUT2D eigenvalue weighted by molar-refractivity contribution is 0.0619. The molecule has 0 fully saturated rings. The highest BCUT2D eigenvalue weighted by atomic mass is 35.5. The third-order valence-electron chi connectivity index (χ3n) is 4.99. The molecule has 0 aromatic heterocycles. The summed E-state index contributed by atoms with van der Waals surface area (Å²) in [6.07, 6.45) is 1.72. The lowest BCUT2D eigenvalue weighted by Crippen LogP contribution is -2.41. The van der Waals surface area contributed by atoms with Crippen LogP contribution in [0.25, 0.3) is 0 Å². The monoisotopic (exact) mass is 436 g/mol. The van der Waals surface area contributed by atoms with Gasteiger partial charge in [0.1, 0.15) is 11.4 Å². The van der Waals surface area contributed by atoms with Crippen LogP contribution in [-0.4, -0.2) is 33.2 Å². The number of ether oxygens (including phenoxy) is 1. The fourth-order valence-electron chi connectivity index (χ4n) is 3.41. The average molecular weight is 437 g/mol. The van der Waals surface area contributed by atoms with Crippen LogP contribution in [0.15, 0.2) is 36.4 Å². The molecule has 29 heavy (non-hydrogen) atoms. The Hall–Kier alpha value is -2.25. The predicted molar refractivity (Wildman–Crippen MR) is 115 cm³/mol. The van der Waals surface area contributed by atoms with Crippen molar-refractivity contribution in [3.63, 3.8) is 0 Å². The molecule has 156 valence electrons. The number of halogens is 1. The second kappa shape index (κ2) is 7.54. The summed E-state index contributed by atoms with van der Waals surface area (Å²) in [7, 11) is -1.98. The van der Waals surface area contributed by atoms with Crippen molar-refractivity contribution in [3.8, 4) is 5.75 Å². The molecule has 1 aliphatic rings. The van der Waals surface area contributed by atoms with Gasteiger partial charge in [0.15, 0.2) is 0 Å². The third kappa shape index (κ3) is 4.67. The van der Waals surface area contributed by atoms with Gasteiger partial charge in [-0.1, -0.05) is 29.3 Å². The summed E-state index contributed by atoms with van der Waals surface area (Å²) in [5, 5.41) is 3.25. The number of hydrogen-bond donors (Lipinski definition) is 1. The number of hydrogen-bond acceptors (Lipinski definition) is 4. The van der Waals surface area contributed by atoms with Gasteiger partial charge in [0.25, 0.3) is 5.91 Å². The molecule has 0 saturated heterocycles. The van der Waals surface area contributed by atoms with Crippen molar-refractivity contribution in [3.05, 3.63) is 58.1 Å².